The van der Waals surface area contributed by atoms with Crippen LogP contribution in [0, 0.1) is 19.8 Å². The number of imidazole rings is 1. The molecule has 7 aromatic carbocycles. The van der Waals surface area contributed by atoms with Gasteiger partial charge in [-0.1, -0.05) is 182 Å². The van der Waals surface area contributed by atoms with E-state index in [1.54, 1.807) is 6.07 Å². The molecule has 0 fully saturated rings. The molecule has 0 saturated heterocycles. The van der Waals surface area contributed by atoms with E-state index in [1.165, 1.54) is 5.56 Å². The zero-order valence-corrected chi connectivity index (χ0v) is 42.4. The van der Waals surface area contributed by atoms with E-state index >= 15 is 0 Å². The molecule has 0 unspecified atom stereocenters. The fourth-order valence-corrected chi connectivity index (χ4v) is 8.72. The van der Waals surface area contributed by atoms with Crippen LogP contribution in [0.25, 0.3) is 83.9 Å². The number of rotatable bonds is 7. The standard InChI is InChI=1S/C62H60N3O.Pt/c1-39-20-22-41(23-21-39)44-30-31-63-54(36-44)46-33-45(34-49(35-46)62(9,10)11)50-18-15-19-55-58(50)64-59(53-37-48(61(6,7)8)28-29-57(53)66)65(55)56-32-40(2)51(38-52(56)42-16-13-12-14-17-42)43-24-26-47(27-25-43)60(3,4)5;/h12-32,34-38,66H,1-11H3;/q-1;/i2D3;. The molecule has 0 saturated carbocycles. The molecule has 0 aliphatic carbocycles. The second kappa shape index (κ2) is 18.0. The van der Waals surface area contributed by atoms with Crippen LogP contribution in [0.15, 0.2) is 158 Å². The minimum Gasteiger partial charge on any atom is -0.507 e. The van der Waals surface area contributed by atoms with E-state index < -0.39 is 6.85 Å². The number of phenols is 1. The van der Waals surface area contributed by atoms with E-state index in [0.717, 1.165) is 72.4 Å². The number of aryl methyl sites for hydroxylation is 2. The summed E-state index contributed by atoms with van der Waals surface area (Å²) < 4.78 is 29.2. The predicted molar refractivity (Wildman–Crippen MR) is 278 cm³/mol. The molecule has 4 nitrogen and oxygen atoms in total. The monoisotopic (exact) mass is 1060 g/mol. The smallest absolute Gasteiger partial charge is 0.148 e. The van der Waals surface area contributed by atoms with Gasteiger partial charge in [-0.2, -0.15) is 0 Å². The molecule has 2 heterocycles. The Kier molecular flexibility index (Phi) is 11.6. The van der Waals surface area contributed by atoms with Gasteiger partial charge in [0, 0.05) is 42.6 Å². The zero-order valence-electron chi connectivity index (χ0n) is 43.1. The van der Waals surface area contributed by atoms with Gasteiger partial charge in [-0.05, 0) is 111 Å². The average Bonchev–Trinajstić information content (AvgIpc) is 3.70. The van der Waals surface area contributed by atoms with Gasteiger partial charge in [0.2, 0.25) is 0 Å². The summed E-state index contributed by atoms with van der Waals surface area (Å²) in [6, 6.07) is 54.9. The van der Waals surface area contributed by atoms with Crippen molar-refractivity contribution in [2.24, 2.45) is 0 Å². The Bertz CT molecular complexity index is 3370. The van der Waals surface area contributed by atoms with E-state index in [2.05, 4.69) is 148 Å². The summed E-state index contributed by atoms with van der Waals surface area (Å²) in [7, 11) is 0. The topological polar surface area (TPSA) is 50.9 Å². The fraction of sp³-hybridized carbons (Fsp3) is 0.226. The molecule has 0 amide bonds. The molecule has 9 rings (SSSR count). The summed E-state index contributed by atoms with van der Waals surface area (Å²) in [4.78, 5) is 10.4. The van der Waals surface area contributed by atoms with E-state index in [1.807, 2.05) is 83.6 Å². The zero-order chi connectivity index (χ0) is 49.2. The molecule has 0 atom stereocenters. The quantitative estimate of drug-likeness (QED) is 0.162. The maximum absolute atomic E-state index is 11.9. The minimum atomic E-state index is -2.48. The molecule has 0 radical (unpaired) electrons. The molecule has 0 aliphatic rings. The van der Waals surface area contributed by atoms with Crippen molar-refractivity contribution in [1.29, 1.82) is 0 Å². The Hall–Kier alpha value is -6.35. The van der Waals surface area contributed by atoms with E-state index in [0.29, 0.717) is 28.2 Å². The third-order valence-corrected chi connectivity index (χ3v) is 12.8. The molecule has 5 heteroatoms. The van der Waals surface area contributed by atoms with Crippen LogP contribution in [0.4, 0.5) is 0 Å². The number of nitrogens with zero attached hydrogens (tertiary/aromatic N) is 3. The first-order chi connectivity index (χ1) is 32.5. The molecule has 2 aromatic heterocycles. The van der Waals surface area contributed by atoms with Gasteiger partial charge in [0.15, 0.2) is 0 Å². The molecule has 67 heavy (non-hydrogen) atoms. The van der Waals surface area contributed by atoms with Crippen LogP contribution in [-0.4, -0.2) is 19.6 Å². The van der Waals surface area contributed by atoms with Gasteiger partial charge in [-0.15, -0.1) is 29.3 Å². The number of fused-ring (bicyclic) bond motifs is 1. The summed E-state index contributed by atoms with van der Waals surface area (Å²) >= 11 is 0. The van der Waals surface area contributed by atoms with Gasteiger partial charge in [0.05, 0.1) is 22.3 Å². The summed E-state index contributed by atoms with van der Waals surface area (Å²) in [5, 5.41) is 11.9. The van der Waals surface area contributed by atoms with Crippen molar-refractivity contribution < 1.29 is 30.3 Å². The van der Waals surface area contributed by atoms with Crippen molar-refractivity contribution in [3.8, 4) is 78.6 Å². The molecular formula is C62H60N3OPt-. The normalized spacial score (nSPS) is 12.9. The molecule has 0 bridgehead atoms. The van der Waals surface area contributed by atoms with Crippen LogP contribution in [0.1, 0.15) is 94.2 Å². The average molecular weight is 1060 g/mol. The van der Waals surface area contributed by atoms with Crippen LogP contribution >= 0.6 is 0 Å². The van der Waals surface area contributed by atoms with Crippen LogP contribution in [0.3, 0.4) is 0 Å². The van der Waals surface area contributed by atoms with Crippen LogP contribution in [0.2, 0.25) is 0 Å². The maximum atomic E-state index is 11.9. The van der Waals surface area contributed by atoms with Crippen molar-refractivity contribution in [3.63, 3.8) is 0 Å². The number of para-hydroxylation sites is 1. The summed E-state index contributed by atoms with van der Waals surface area (Å²) in [6.45, 7) is 19.2. The molecule has 340 valence electrons. The van der Waals surface area contributed by atoms with Crippen molar-refractivity contribution in [3.05, 3.63) is 192 Å². The third-order valence-electron chi connectivity index (χ3n) is 12.8. The van der Waals surface area contributed by atoms with Gasteiger partial charge in [0.25, 0.3) is 0 Å². The minimum absolute atomic E-state index is 0. The van der Waals surface area contributed by atoms with Crippen molar-refractivity contribution >= 4 is 11.0 Å². The van der Waals surface area contributed by atoms with Gasteiger partial charge >= 0.3 is 0 Å². The Labute approximate surface area is 416 Å². The van der Waals surface area contributed by atoms with E-state index in [9.17, 15) is 5.11 Å². The molecule has 9 aromatic rings. The Morgan fingerprint density at radius 1 is 0.537 bits per heavy atom. The second-order valence-electron chi connectivity index (χ2n) is 20.8. The van der Waals surface area contributed by atoms with Gasteiger partial charge in [0.1, 0.15) is 11.6 Å². The summed E-state index contributed by atoms with van der Waals surface area (Å²) in [5.74, 6) is 0.550. The Morgan fingerprint density at radius 3 is 1.85 bits per heavy atom. The van der Waals surface area contributed by atoms with E-state index in [4.69, 9.17) is 14.1 Å². The number of hydrogen-bond donors (Lipinski definition) is 1. The second-order valence-corrected chi connectivity index (χ2v) is 20.8. The number of aromatic hydroxyl groups is 1. The Morgan fingerprint density at radius 2 is 1.18 bits per heavy atom. The van der Waals surface area contributed by atoms with Gasteiger partial charge < -0.3 is 5.11 Å². The van der Waals surface area contributed by atoms with Crippen molar-refractivity contribution in [2.45, 2.75) is 92.3 Å². The number of benzene rings is 7. The van der Waals surface area contributed by atoms with Crippen LogP contribution in [-0.2, 0) is 37.3 Å². The van der Waals surface area contributed by atoms with Crippen LogP contribution in [0.5, 0.6) is 5.75 Å². The van der Waals surface area contributed by atoms with E-state index in [-0.39, 0.29) is 48.6 Å². The Balaban J connectivity index is 0.00000659. The van der Waals surface area contributed by atoms with Crippen molar-refractivity contribution in [2.75, 3.05) is 0 Å². The SMILES string of the molecule is [2H]C([2H])([2H])c1cc(-n2c(-c3cc(C(C)(C)C)ccc3O)nc3c(-c4[c-]c(-c5cc(-c6ccc(C)cc6)ccn5)cc(C(C)(C)C)c4)cccc32)c(-c2ccccc2)cc1-c1ccc(C(C)(C)C)cc1.[Pt]. The third kappa shape index (κ3) is 9.47. The first kappa shape index (κ1) is 43.2. The van der Waals surface area contributed by atoms with Gasteiger partial charge in [-0.3, -0.25) is 9.55 Å². The molecule has 1 N–H and O–H groups in total. The summed E-state index contributed by atoms with van der Waals surface area (Å²) in [6.07, 6.45) is 1.86. The number of hydrogen-bond acceptors (Lipinski definition) is 3. The molecular weight excluding hydrogens is 998 g/mol. The summed E-state index contributed by atoms with van der Waals surface area (Å²) in [5.41, 5.74) is 15.4. The number of aromatic nitrogens is 3. The number of pyridine rings is 1. The maximum Gasteiger partial charge on any atom is 0.148 e. The van der Waals surface area contributed by atoms with Crippen molar-refractivity contribution in [1.82, 2.24) is 14.5 Å². The van der Waals surface area contributed by atoms with Crippen LogP contribution < -0.4 is 0 Å². The number of phenolic OH excluding ortho intramolecular Hbond substituents is 1. The van der Waals surface area contributed by atoms with Gasteiger partial charge in [-0.25, -0.2) is 4.98 Å². The largest absolute Gasteiger partial charge is 0.507 e. The molecule has 0 spiro atoms. The first-order valence-corrected chi connectivity index (χ1v) is 22.9. The fourth-order valence-electron chi connectivity index (χ4n) is 8.72. The first-order valence-electron chi connectivity index (χ1n) is 24.4. The molecule has 0 aliphatic heterocycles. The predicted octanol–water partition coefficient (Wildman–Crippen LogP) is 16.4.